The van der Waals surface area contributed by atoms with E-state index in [1.54, 1.807) is 0 Å². The van der Waals surface area contributed by atoms with Gasteiger partial charge in [0.2, 0.25) is 0 Å². The van der Waals surface area contributed by atoms with Crippen molar-refractivity contribution >= 4 is 0 Å². The summed E-state index contributed by atoms with van der Waals surface area (Å²) in [5, 5.41) is 3.62. The highest BCUT2D eigenvalue weighted by Crippen LogP contribution is 2.18. The molecule has 0 aromatic rings. The van der Waals surface area contributed by atoms with Crippen molar-refractivity contribution in [1.29, 1.82) is 0 Å². The van der Waals surface area contributed by atoms with E-state index < -0.39 is 0 Å². The molecule has 0 bridgehead atoms. The lowest BCUT2D eigenvalue weighted by Crippen LogP contribution is -2.50. The van der Waals surface area contributed by atoms with Gasteiger partial charge in [-0.15, -0.1) is 0 Å². The van der Waals surface area contributed by atoms with Gasteiger partial charge in [-0.05, 0) is 39.8 Å². The average molecular weight is 228 g/mol. The molecule has 2 atom stereocenters. The van der Waals surface area contributed by atoms with Crippen LogP contribution in [-0.4, -0.2) is 36.6 Å². The molecule has 0 radical (unpaired) electrons. The summed E-state index contributed by atoms with van der Waals surface area (Å²) in [7, 11) is 2.25. The van der Waals surface area contributed by atoms with Crippen molar-refractivity contribution in [3.63, 3.8) is 0 Å². The van der Waals surface area contributed by atoms with Gasteiger partial charge < -0.3 is 5.32 Å². The van der Waals surface area contributed by atoms with E-state index in [-0.39, 0.29) is 0 Å². The molecule has 0 aliphatic rings. The van der Waals surface area contributed by atoms with E-state index in [9.17, 15) is 0 Å². The van der Waals surface area contributed by atoms with Crippen molar-refractivity contribution in [3.05, 3.63) is 0 Å². The van der Waals surface area contributed by atoms with Crippen LogP contribution in [0.1, 0.15) is 54.4 Å². The third-order valence-corrected chi connectivity index (χ3v) is 4.17. The van der Waals surface area contributed by atoms with E-state index in [1.807, 2.05) is 0 Å². The van der Waals surface area contributed by atoms with Gasteiger partial charge >= 0.3 is 0 Å². The van der Waals surface area contributed by atoms with E-state index in [0.29, 0.717) is 11.6 Å². The van der Waals surface area contributed by atoms with E-state index in [2.05, 4.69) is 58.8 Å². The molecule has 0 heterocycles. The normalized spacial score (nSPS) is 16.5. The standard InChI is InChI=1S/C14H32N2/c1-8-12(4)13(15-10-3)11-16(7)14(5,6)9-2/h12-13,15H,8-11H2,1-7H3. The summed E-state index contributed by atoms with van der Waals surface area (Å²) in [6.07, 6.45) is 2.45. The molecule has 0 saturated heterocycles. The molecule has 0 aromatic carbocycles. The van der Waals surface area contributed by atoms with Crippen LogP contribution >= 0.6 is 0 Å². The minimum Gasteiger partial charge on any atom is -0.313 e. The second kappa shape index (κ2) is 7.29. The summed E-state index contributed by atoms with van der Waals surface area (Å²) in [5.41, 5.74) is 0.307. The molecule has 2 heteroatoms. The fourth-order valence-corrected chi connectivity index (χ4v) is 1.80. The van der Waals surface area contributed by atoms with Crippen LogP contribution in [0.15, 0.2) is 0 Å². The summed E-state index contributed by atoms with van der Waals surface area (Å²) < 4.78 is 0. The fourth-order valence-electron chi connectivity index (χ4n) is 1.80. The minimum atomic E-state index is 0.307. The monoisotopic (exact) mass is 228 g/mol. The quantitative estimate of drug-likeness (QED) is 0.686. The maximum absolute atomic E-state index is 3.62. The van der Waals surface area contributed by atoms with Crippen molar-refractivity contribution in [2.24, 2.45) is 5.92 Å². The first-order chi connectivity index (χ1) is 7.38. The van der Waals surface area contributed by atoms with Gasteiger partial charge in [0.05, 0.1) is 0 Å². The zero-order valence-electron chi connectivity index (χ0n) is 12.4. The molecule has 0 amide bonds. The topological polar surface area (TPSA) is 15.3 Å². The number of likely N-dealkylation sites (N-methyl/N-ethyl adjacent to an activating group) is 2. The smallest absolute Gasteiger partial charge is 0.0220 e. The van der Waals surface area contributed by atoms with Crippen molar-refractivity contribution in [2.75, 3.05) is 20.1 Å². The fraction of sp³-hybridized carbons (Fsp3) is 1.00. The highest BCUT2D eigenvalue weighted by atomic mass is 15.2. The van der Waals surface area contributed by atoms with Crippen LogP contribution in [-0.2, 0) is 0 Å². The summed E-state index contributed by atoms with van der Waals surface area (Å²) in [6.45, 7) is 15.9. The number of nitrogens with zero attached hydrogens (tertiary/aromatic N) is 1. The number of rotatable bonds is 8. The lowest BCUT2D eigenvalue weighted by Gasteiger charge is -2.38. The van der Waals surface area contributed by atoms with Gasteiger partial charge in [0.15, 0.2) is 0 Å². The highest BCUT2D eigenvalue weighted by molar-refractivity contribution is 4.83. The Kier molecular flexibility index (Phi) is 7.25. The second-order valence-corrected chi connectivity index (χ2v) is 5.60. The van der Waals surface area contributed by atoms with Crippen LogP contribution in [0.5, 0.6) is 0 Å². The Morgan fingerprint density at radius 1 is 1.19 bits per heavy atom. The molecule has 0 aliphatic heterocycles. The lowest BCUT2D eigenvalue weighted by molar-refractivity contribution is 0.123. The summed E-state index contributed by atoms with van der Waals surface area (Å²) in [6, 6.07) is 0.617. The molecule has 0 spiro atoms. The number of hydrogen-bond donors (Lipinski definition) is 1. The Bertz CT molecular complexity index is 178. The van der Waals surface area contributed by atoms with E-state index in [0.717, 1.165) is 19.0 Å². The van der Waals surface area contributed by atoms with Crippen molar-refractivity contribution in [3.8, 4) is 0 Å². The van der Waals surface area contributed by atoms with Crippen LogP contribution in [0, 0.1) is 5.92 Å². The molecule has 98 valence electrons. The first kappa shape index (κ1) is 15.9. The van der Waals surface area contributed by atoms with Crippen molar-refractivity contribution in [2.45, 2.75) is 66.0 Å². The molecule has 16 heavy (non-hydrogen) atoms. The summed E-state index contributed by atoms with van der Waals surface area (Å²) in [4.78, 5) is 2.49. The van der Waals surface area contributed by atoms with Crippen LogP contribution in [0.3, 0.4) is 0 Å². The molecule has 1 N–H and O–H groups in total. The lowest BCUT2D eigenvalue weighted by atomic mass is 9.94. The van der Waals surface area contributed by atoms with Crippen LogP contribution in [0.2, 0.25) is 0 Å². The molecular weight excluding hydrogens is 196 g/mol. The molecule has 2 unspecified atom stereocenters. The molecule has 0 rings (SSSR count). The Morgan fingerprint density at radius 2 is 1.75 bits per heavy atom. The molecule has 0 saturated carbocycles. The molecular formula is C14H32N2. The Morgan fingerprint density at radius 3 is 2.12 bits per heavy atom. The van der Waals surface area contributed by atoms with Crippen LogP contribution < -0.4 is 5.32 Å². The predicted octanol–water partition coefficient (Wildman–Crippen LogP) is 3.13. The Hall–Kier alpha value is -0.0800. The van der Waals surface area contributed by atoms with E-state index in [1.165, 1.54) is 12.8 Å². The van der Waals surface area contributed by atoms with E-state index >= 15 is 0 Å². The first-order valence-corrected chi connectivity index (χ1v) is 6.83. The van der Waals surface area contributed by atoms with Crippen molar-refractivity contribution < 1.29 is 0 Å². The SMILES string of the molecule is CCNC(CN(C)C(C)(C)CC)C(C)CC. The zero-order chi connectivity index (χ0) is 12.8. The van der Waals surface area contributed by atoms with E-state index in [4.69, 9.17) is 0 Å². The number of nitrogens with one attached hydrogen (secondary N) is 1. The molecule has 0 fully saturated rings. The average Bonchev–Trinajstić information content (AvgIpc) is 2.27. The van der Waals surface area contributed by atoms with Crippen molar-refractivity contribution in [1.82, 2.24) is 10.2 Å². The summed E-state index contributed by atoms with van der Waals surface area (Å²) >= 11 is 0. The molecule has 0 aliphatic carbocycles. The first-order valence-electron chi connectivity index (χ1n) is 6.83. The van der Waals surface area contributed by atoms with Gasteiger partial charge in [0, 0.05) is 18.1 Å². The van der Waals surface area contributed by atoms with Gasteiger partial charge in [-0.1, -0.05) is 34.1 Å². The van der Waals surface area contributed by atoms with Crippen LogP contribution in [0.25, 0.3) is 0 Å². The van der Waals surface area contributed by atoms with Crippen LogP contribution in [0.4, 0.5) is 0 Å². The van der Waals surface area contributed by atoms with Gasteiger partial charge in [-0.25, -0.2) is 0 Å². The Labute approximate surface area is 103 Å². The number of hydrogen-bond acceptors (Lipinski definition) is 2. The highest BCUT2D eigenvalue weighted by Gasteiger charge is 2.25. The third kappa shape index (κ3) is 4.84. The van der Waals surface area contributed by atoms with Gasteiger partial charge in [-0.2, -0.15) is 0 Å². The predicted molar refractivity (Wildman–Crippen MR) is 73.9 cm³/mol. The second-order valence-electron chi connectivity index (χ2n) is 5.60. The maximum Gasteiger partial charge on any atom is 0.0220 e. The van der Waals surface area contributed by atoms with Gasteiger partial charge in [0.25, 0.3) is 0 Å². The van der Waals surface area contributed by atoms with Gasteiger partial charge in [-0.3, -0.25) is 4.90 Å². The third-order valence-electron chi connectivity index (χ3n) is 4.17. The molecule has 2 nitrogen and oxygen atoms in total. The minimum absolute atomic E-state index is 0.307. The molecule has 0 aromatic heterocycles. The Balaban J connectivity index is 4.38. The van der Waals surface area contributed by atoms with Gasteiger partial charge in [0.1, 0.15) is 0 Å². The zero-order valence-corrected chi connectivity index (χ0v) is 12.4. The summed E-state index contributed by atoms with van der Waals surface area (Å²) in [5.74, 6) is 0.745. The maximum atomic E-state index is 3.62. The largest absolute Gasteiger partial charge is 0.313 e.